The van der Waals surface area contributed by atoms with Crippen LogP contribution in [0.4, 0.5) is 22.7 Å². The summed E-state index contributed by atoms with van der Waals surface area (Å²) in [5.74, 6) is -1.37. The second-order valence-corrected chi connectivity index (χ2v) is 4.73. The summed E-state index contributed by atoms with van der Waals surface area (Å²) in [5, 5.41) is 23.0. The lowest BCUT2D eigenvalue weighted by Gasteiger charge is -2.18. The van der Waals surface area contributed by atoms with Crippen molar-refractivity contribution in [1.29, 1.82) is 0 Å². The van der Waals surface area contributed by atoms with Crippen LogP contribution in [0.25, 0.3) is 0 Å². The zero-order chi connectivity index (χ0) is 17.3. The van der Waals surface area contributed by atoms with E-state index in [2.05, 4.69) is 5.43 Å². The molecule has 0 spiro atoms. The van der Waals surface area contributed by atoms with Gasteiger partial charge in [-0.15, -0.1) is 0 Å². The maximum absolute atomic E-state index is 11.5. The van der Waals surface area contributed by atoms with Crippen molar-refractivity contribution >= 4 is 34.6 Å². The third-order valence-corrected chi connectivity index (χ3v) is 2.96. The summed E-state index contributed by atoms with van der Waals surface area (Å²) in [7, 11) is 2.86. The van der Waals surface area contributed by atoms with Gasteiger partial charge < -0.3 is 4.90 Å². The molecule has 2 amide bonds. The summed E-state index contributed by atoms with van der Waals surface area (Å²) in [6.45, 7) is 0. The van der Waals surface area contributed by atoms with Crippen molar-refractivity contribution in [2.24, 2.45) is 0 Å². The van der Waals surface area contributed by atoms with E-state index in [-0.39, 0.29) is 11.4 Å². The normalized spacial score (nSPS) is 13.4. The van der Waals surface area contributed by atoms with Gasteiger partial charge in [-0.3, -0.25) is 35.2 Å². The van der Waals surface area contributed by atoms with Crippen LogP contribution in [0.2, 0.25) is 0 Å². The molecule has 0 saturated carbocycles. The molecule has 1 heterocycles. The summed E-state index contributed by atoms with van der Waals surface area (Å²) >= 11 is 0. The molecule has 1 N–H and O–H groups in total. The lowest BCUT2D eigenvalue weighted by Crippen LogP contribution is -2.35. The molecular formula is C12H11N5O6. The van der Waals surface area contributed by atoms with E-state index in [4.69, 9.17) is 0 Å². The van der Waals surface area contributed by atoms with Crippen molar-refractivity contribution in [2.75, 3.05) is 24.4 Å². The molecule has 11 nitrogen and oxygen atoms in total. The molecule has 120 valence electrons. The largest absolute Gasteiger partial charge is 0.366 e. The van der Waals surface area contributed by atoms with Gasteiger partial charge in [0, 0.05) is 38.4 Å². The fourth-order valence-electron chi connectivity index (χ4n) is 2.04. The first kappa shape index (κ1) is 15.9. The van der Waals surface area contributed by atoms with Gasteiger partial charge in [0.2, 0.25) is 0 Å². The molecule has 0 fully saturated rings. The smallest absolute Gasteiger partial charge is 0.301 e. The molecule has 2 rings (SSSR count). The minimum absolute atomic E-state index is 0.126. The van der Waals surface area contributed by atoms with Crippen molar-refractivity contribution in [3.8, 4) is 0 Å². The first-order valence-electron chi connectivity index (χ1n) is 6.19. The number of nitrogens with one attached hydrogen (secondary N) is 1. The number of anilines is 2. The Morgan fingerprint density at radius 1 is 1.00 bits per heavy atom. The van der Waals surface area contributed by atoms with Gasteiger partial charge in [0.05, 0.1) is 15.5 Å². The van der Waals surface area contributed by atoms with Gasteiger partial charge >= 0.3 is 11.4 Å². The molecule has 1 aromatic rings. The molecule has 1 aromatic carbocycles. The van der Waals surface area contributed by atoms with Crippen molar-refractivity contribution in [3.05, 3.63) is 44.5 Å². The standard InChI is InChI=1S/C12H11N5O6/c1-14(2)12-8(16(20)21)5-7(6-9(12)17(22)23)13-15-10(18)3-4-11(15)19/h3-6,13H,1-2H3. The molecule has 0 unspecified atom stereocenters. The molecule has 23 heavy (non-hydrogen) atoms. The molecule has 0 bridgehead atoms. The summed E-state index contributed by atoms with van der Waals surface area (Å²) in [6.07, 6.45) is 2.01. The van der Waals surface area contributed by atoms with E-state index < -0.39 is 33.0 Å². The Balaban J connectivity index is 2.54. The van der Waals surface area contributed by atoms with Gasteiger partial charge in [0.15, 0.2) is 5.69 Å². The average Bonchev–Trinajstić information content (AvgIpc) is 2.77. The van der Waals surface area contributed by atoms with Crippen LogP contribution >= 0.6 is 0 Å². The Labute approximate surface area is 129 Å². The summed E-state index contributed by atoms with van der Waals surface area (Å²) in [6, 6.07) is 2.03. The van der Waals surface area contributed by atoms with Gasteiger partial charge in [-0.25, -0.2) is 0 Å². The van der Waals surface area contributed by atoms with Crippen LogP contribution in [0.5, 0.6) is 0 Å². The molecule has 1 aliphatic rings. The van der Waals surface area contributed by atoms with Crippen LogP contribution in [-0.2, 0) is 9.59 Å². The highest BCUT2D eigenvalue weighted by Crippen LogP contribution is 2.39. The number of carbonyl (C=O) groups excluding carboxylic acids is 2. The van der Waals surface area contributed by atoms with E-state index in [9.17, 15) is 29.8 Å². The van der Waals surface area contributed by atoms with Crippen LogP contribution in [0.15, 0.2) is 24.3 Å². The maximum Gasteiger partial charge on any atom is 0.301 e. The number of nitrogens with zero attached hydrogens (tertiary/aromatic N) is 4. The first-order valence-corrected chi connectivity index (χ1v) is 6.19. The van der Waals surface area contributed by atoms with Crippen LogP contribution in [0, 0.1) is 20.2 Å². The van der Waals surface area contributed by atoms with Crippen molar-refractivity contribution in [2.45, 2.75) is 0 Å². The Bertz CT molecular complexity index is 703. The zero-order valence-electron chi connectivity index (χ0n) is 12.0. The van der Waals surface area contributed by atoms with Gasteiger partial charge in [0.25, 0.3) is 11.8 Å². The van der Waals surface area contributed by atoms with E-state index in [1.165, 1.54) is 19.0 Å². The molecule has 0 radical (unpaired) electrons. The van der Waals surface area contributed by atoms with Gasteiger partial charge in [-0.1, -0.05) is 0 Å². The van der Waals surface area contributed by atoms with Gasteiger partial charge in [0.1, 0.15) is 0 Å². The number of nitro benzene ring substituents is 2. The maximum atomic E-state index is 11.5. The molecule has 0 aliphatic carbocycles. The summed E-state index contributed by atoms with van der Waals surface area (Å²) < 4.78 is 0. The minimum Gasteiger partial charge on any atom is -0.366 e. The highest BCUT2D eigenvalue weighted by atomic mass is 16.6. The van der Waals surface area contributed by atoms with Gasteiger partial charge in [-0.05, 0) is 0 Å². The molecule has 0 saturated heterocycles. The van der Waals surface area contributed by atoms with E-state index in [1.807, 2.05) is 0 Å². The van der Waals surface area contributed by atoms with E-state index in [0.717, 1.165) is 24.3 Å². The predicted octanol–water partition coefficient (Wildman–Crippen LogP) is 0.821. The number of hydrazine groups is 1. The van der Waals surface area contributed by atoms with Crippen molar-refractivity contribution < 1.29 is 19.4 Å². The highest BCUT2D eigenvalue weighted by Gasteiger charge is 2.30. The number of imide groups is 1. The zero-order valence-corrected chi connectivity index (χ0v) is 12.0. The first-order chi connectivity index (χ1) is 10.7. The molecule has 1 aliphatic heterocycles. The van der Waals surface area contributed by atoms with Crippen molar-refractivity contribution in [3.63, 3.8) is 0 Å². The molecule has 0 atom stereocenters. The molecule has 11 heteroatoms. The summed E-state index contributed by atoms with van der Waals surface area (Å²) in [5.41, 5.74) is 0.966. The number of carbonyl (C=O) groups is 2. The lowest BCUT2D eigenvalue weighted by atomic mass is 10.2. The quantitative estimate of drug-likeness (QED) is 0.477. The molecule has 0 aromatic heterocycles. The third kappa shape index (κ3) is 2.92. The highest BCUT2D eigenvalue weighted by molar-refractivity contribution is 6.13. The van der Waals surface area contributed by atoms with Crippen LogP contribution < -0.4 is 10.3 Å². The Hall–Kier alpha value is -3.50. The number of rotatable bonds is 5. The Morgan fingerprint density at radius 3 is 1.78 bits per heavy atom. The SMILES string of the molecule is CN(C)c1c([N+](=O)[O-])cc(NN2C(=O)C=CC2=O)cc1[N+](=O)[O-]. The fraction of sp³-hybridized carbons (Fsp3) is 0.167. The Morgan fingerprint density at radius 2 is 1.43 bits per heavy atom. The van der Waals surface area contributed by atoms with E-state index in [0.29, 0.717) is 5.01 Å². The second kappa shape index (κ2) is 5.71. The van der Waals surface area contributed by atoms with Crippen molar-refractivity contribution in [1.82, 2.24) is 5.01 Å². The van der Waals surface area contributed by atoms with Crippen LogP contribution in [-0.4, -0.2) is 40.8 Å². The number of hydrogen-bond donors (Lipinski definition) is 1. The molecular weight excluding hydrogens is 310 g/mol. The van der Waals surface area contributed by atoms with Crippen LogP contribution in [0.1, 0.15) is 0 Å². The second-order valence-electron chi connectivity index (χ2n) is 4.73. The average molecular weight is 321 g/mol. The Kier molecular flexibility index (Phi) is 3.94. The monoisotopic (exact) mass is 321 g/mol. The van der Waals surface area contributed by atoms with Gasteiger partial charge in [-0.2, -0.15) is 5.01 Å². The fourth-order valence-corrected chi connectivity index (χ4v) is 2.04. The predicted molar refractivity (Wildman–Crippen MR) is 78.7 cm³/mol. The number of hydrogen-bond acceptors (Lipinski definition) is 8. The number of amides is 2. The number of benzene rings is 1. The minimum atomic E-state index is -0.778. The van der Waals surface area contributed by atoms with E-state index >= 15 is 0 Å². The van der Waals surface area contributed by atoms with E-state index in [1.54, 1.807) is 0 Å². The lowest BCUT2D eigenvalue weighted by molar-refractivity contribution is -0.392. The van der Waals surface area contributed by atoms with Crippen LogP contribution in [0.3, 0.4) is 0 Å². The third-order valence-electron chi connectivity index (χ3n) is 2.96. The number of nitro groups is 2. The topological polar surface area (TPSA) is 139 Å². The summed E-state index contributed by atoms with van der Waals surface area (Å²) in [4.78, 5) is 45.0.